The van der Waals surface area contributed by atoms with Crippen LogP contribution >= 0.6 is 0 Å². The molecule has 1 radical (unpaired) electrons. The van der Waals surface area contributed by atoms with E-state index in [2.05, 4.69) is 6.92 Å². The number of benzene rings is 1. The van der Waals surface area contributed by atoms with Gasteiger partial charge in [0.25, 0.3) is 0 Å². The number of phenolic OH excluding ortho intramolecular Hbond substituents is 1. The lowest BCUT2D eigenvalue weighted by Gasteiger charge is -2.19. The van der Waals surface area contributed by atoms with Crippen LogP contribution in [0.15, 0.2) is 18.2 Å². The Morgan fingerprint density at radius 3 is 2.94 bits per heavy atom. The van der Waals surface area contributed by atoms with E-state index >= 15 is 0 Å². The Labute approximate surface area is 101 Å². The van der Waals surface area contributed by atoms with E-state index < -0.39 is 0 Å². The standard InChI is InChI=1S/C13H17O4/c1-8-7-17-13(10(8)6-14)9-3-4-11(15)12(5-9)16-2/h3-5,8,10,13-15H,1,6-7H2,2H3. The fourth-order valence-electron chi connectivity index (χ4n) is 2.18. The van der Waals surface area contributed by atoms with Gasteiger partial charge in [-0.15, -0.1) is 0 Å². The number of phenols is 1. The minimum atomic E-state index is -0.183. The van der Waals surface area contributed by atoms with Crippen LogP contribution in [-0.2, 0) is 4.74 Å². The van der Waals surface area contributed by atoms with Gasteiger partial charge < -0.3 is 19.7 Å². The van der Waals surface area contributed by atoms with Crippen LogP contribution in [-0.4, -0.2) is 30.5 Å². The second-order valence-electron chi connectivity index (χ2n) is 4.29. The number of hydrogen-bond acceptors (Lipinski definition) is 4. The molecule has 0 amide bonds. The van der Waals surface area contributed by atoms with Gasteiger partial charge in [-0.25, -0.2) is 0 Å². The third-order valence-electron chi connectivity index (χ3n) is 3.23. The number of aliphatic hydroxyl groups is 1. The van der Waals surface area contributed by atoms with Crippen molar-refractivity contribution < 1.29 is 19.7 Å². The van der Waals surface area contributed by atoms with Crippen LogP contribution < -0.4 is 4.74 Å². The van der Waals surface area contributed by atoms with Crippen LogP contribution in [0.2, 0.25) is 0 Å². The van der Waals surface area contributed by atoms with Crippen molar-refractivity contribution in [3.63, 3.8) is 0 Å². The van der Waals surface area contributed by atoms with Gasteiger partial charge in [0.15, 0.2) is 11.5 Å². The van der Waals surface area contributed by atoms with E-state index in [1.54, 1.807) is 18.2 Å². The Bertz CT molecular complexity index is 391. The molecular formula is C13H17O4. The molecule has 3 unspecified atom stereocenters. The van der Waals surface area contributed by atoms with E-state index in [4.69, 9.17) is 9.47 Å². The Kier molecular flexibility index (Phi) is 3.54. The molecule has 4 heteroatoms. The van der Waals surface area contributed by atoms with Crippen molar-refractivity contribution in [2.45, 2.75) is 6.10 Å². The van der Waals surface area contributed by atoms with Gasteiger partial charge in [0.1, 0.15) is 0 Å². The summed E-state index contributed by atoms with van der Waals surface area (Å²) in [5.74, 6) is 0.588. The van der Waals surface area contributed by atoms with E-state index in [0.717, 1.165) is 5.56 Å². The molecule has 2 rings (SSSR count). The zero-order valence-electron chi connectivity index (χ0n) is 9.80. The molecule has 2 N–H and O–H groups in total. The Morgan fingerprint density at radius 2 is 2.29 bits per heavy atom. The number of methoxy groups -OCH3 is 1. The maximum absolute atomic E-state index is 9.53. The van der Waals surface area contributed by atoms with Crippen LogP contribution in [0.1, 0.15) is 11.7 Å². The number of hydrogen-bond donors (Lipinski definition) is 2. The highest BCUT2D eigenvalue weighted by molar-refractivity contribution is 5.42. The summed E-state index contributed by atoms with van der Waals surface area (Å²) < 4.78 is 10.7. The molecule has 17 heavy (non-hydrogen) atoms. The van der Waals surface area contributed by atoms with Crippen molar-refractivity contribution in [2.24, 2.45) is 11.8 Å². The first-order valence-electron chi connectivity index (χ1n) is 5.59. The molecule has 0 aliphatic carbocycles. The fourth-order valence-corrected chi connectivity index (χ4v) is 2.18. The number of aliphatic hydroxyl groups excluding tert-OH is 1. The predicted molar refractivity (Wildman–Crippen MR) is 62.8 cm³/mol. The van der Waals surface area contributed by atoms with E-state index in [0.29, 0.717) is 12.4 Å². The minimum absolute atomic E-state index is 0.00995. The van der Waals surface area contributed by atoms with Crippen LogP contribution in [0.25, 0.3) is 0 Å². The van der Waals surface area contributed by atoms with Crippen molar-refractivity contribution in [3.05, 3.63) is 30.7 Å². The molecule has 3 atom stereocenters. The molecule has 1 aliphatic rings. The van der Waals surface area contributed by atoms with E-state index in [-0.39, 0.29) is 30.3 Å². The molecule has 1 fully saturated rings. The summed E-state index contributed by atoms with van der Waals surface area (Å²) in [7, 11) is 1.50. The first-order valence-corrected chi connectivity index (χ1v) is 5.59. The van der Waals surface area contributed by atoms with E-state index in [1.807, 2.05) is 0 Å². The average molecular weight is 237 g/mol. The van der Waals surface area contributed by atoms with Gasteiger partial charge in [-0.1, -0.05) is 6.07 Å². The van der Waals surface area contributed by atoms with Crippen molar-refractivity contribution in [3.8, 4) is 11.5 Å². The summed E-state index contributed by atoms with van der Waals surface area (Å²) in [6.45, 7) is 4.54. The molecule has 1 heterocycles. The summed E-state index contributed by atoms with van der Waals surface area (Å²) in [4.78, 5) is 0. The number of ether oxygens (including phenoxy) is 2. The van der Waals surface area contributed by atoms with Crippen molar-refractivity contribution in [1.29, 1.82) is 0 Å². The highest BCUT2D eigenvalue weighted by Crippen LogP contribution is 2.40. The lowest BCUT2D eigenvalue weighted by atomic mass is 9.89. The Hall–Kier alpha value is -1.26. The SMILES string of the molecule is [CH2]C1COC(c2ccc(O)c(OC)c2)C1CO. The zero-order valence-corrected chi connectivity index (χ0v) is 9.80. The summed E-state index contributed by atoms with van der Waals surface area (Å²) in [6.07, 6.45) is -0.183. The second-order valence-corrected chi connectivity index (χ2v) is 4.29. The maximum Gasteiger partial charge on any atom is 0.160 e. The lowest BCUT2D eigenvalue weighted by Crippen LogP contribution is -2.17. The van der Waals surface area contributed by atoms with Gasteiger partial charge in [-0.2, -0.15) is 0 Å². The summed E-state index contributed by atoms with van der Waals surface area (Å²) in [5.41, 5.74) is 0.893. The van der Waals surface area contributed by atoms with Gasteiger partial charge in [-0.05, 0) is 30.5 Å². The monoisotopic (exact) mass is 237 g/mol. The van der Waals surface area contributed by atoms with Crippen LogP contribution in [0.4, 0.5) is 0 Å². The highest BCUT2D eigenvalue weighted by atomic mass is 16.5. The molecule has 1 saturated heterocycles. The predicted octanol–water partition coefficient (Wildman–Crippen LogP) is 1.53. The Balaban J connectivity index is 2.28. The van der Waals surface area contributed by atoms with Gasteiger partial charge >= 0.3 is 0 Å². The molecule has 1 aromatic rings. The third kappa shape index (κ3) is 2.23. The lowest BCUT2D eigenvalue weighted by molar-refractivity contribution is 0.0717. The van der Waals surface area contributed by atoms with Crippen molar-refractivity contribution in [2.75, 3.05) is 20.3 Å². The Morgan fingerprint density at radius 1 is 1.53 bits per heavy atom. The van der Waals surface area contributed by atoms with Gasteiger partial charge in [-0.3, -0.25) is 0 Å². The molecule has 1 aliphatic heterocycles. The molecule has 0 bridgehead atoms. The first-order chi connectivity index (χ1) is 8.17. The molecule has 4 nitrogen and oxygen atoms in total. The van der Waals surface area contributed by atoms with Gasteiger partial charge in [0.2, 0.25) is 0 Å². The van der Waals surface area contributed by atoms with Gasteiger partial charge in [0.05, 0.1) is 19.8 Å². The molecule has 1 aromatic carbocycles. The molecule has 0 saturated carbocycles. The first kappa shape index (κ1) is 12.2. The minimum Gasteiger partial charge on any atom is -0.504 e. The molecular weight excluding hydrogens is 220 g/mol. The summed E-state index contributed by atoms with van der Waals surface area (Å²) >= 11 is 0. The van der Waals surface area contributed by atoms with Crippen molar-refractivity contribution >= 4 is 0 Å². The highest BCUT2D eigenvalue weighted by Gasteiger charge is 2.35. The maximum atomic E-state index is 9.53. The number of rotatable bonds is 3. The topological polar surface area (TPSA) is 58.9 Å². The third-order valence-corrected chi connectivity index (χ3v) is 3.23. The van der Waals surface area contributed by atoms with Crippen LogP contribution in [0.3, 0.4) is 0 Å². The normalized spacial score (nSPS) is 28.3. The van der Waals surface area contributed by atoms with Crippen LogP contribution in [0, 0.1) is 18.8 Å². The summed E-state index contributed by atoms with van der Waals surface area (Å²) in [5, 5.41) is 18.9. The average Bonchev–Trinajstić information content (AvgIpc) is 2.71. The number of aromatic hydroxyl groups is 1. The van der Waals surface area contributed by atoms with E-state index in [1.165, 1.54) is 7.11 Å². The van der Waals surface area contributed by atoms with Crippen LogP contribution in [0.5, 0.6) is 11.5 Å². The second kappa shape index (κ2) is 4.94. The summed E-state index contributed by atoms with van der Waals surface area (Å²) in [6, 6.07) is 5.09. The van der Waals surface area contributed by atoms with E-state index in [9.17, 15) is 10.2 Å². The molecule has 0 spiro atoms. The smallest absolute Gasteiger partial charge is 0.160 e. The fraction of sp³-hybridized carbons (Fsp3) is 0.462. The van der Waals surface area contributed by atoms with Crippen molar-refractivity contribution in [1.82, 2.24) is 0 Å². The quantitative estimate of drug-likeness (QED) is 0.837. The molecule has 93 valence electrons. The largest absolute Gasteiger partial charge is 0.504 e. The molecule has 0 aromatic heterocycles. The van der Waals surface area contributed by atoms with Gasteiger partial charge in [0, 0.05) is 12.5 Å². The zero-order chi connectivity index (χ0) is 12.4.